The van der Waals surface area contributed by atoms with Crippen molar-refractivity contribution >= 4 is 40.9 Å². The first kappa shape index (κ1) is 22.8. The standard InChI is InChI=1S/C25H25ClN6O/c1-25(2,15-27-3)16-7-9-17(10-8-16)29-23-18-11-12-20(22-19(26)6-5-13-28-22)30-24(18)32-21(31-23)14-33-4/h5-13H,3,14-15H2,1-2,4H3,(H,29,30,31,32). The summed E-state index contributed by atoms with van der Waals surface area (Å²) in [5.74, 6) is 1.18. The van der Waals surface area contributed by atoms with Gasteiger partial charge in [-0.1, -0.05) is 37.6 Å². The predicted molar refractivity (Wildman–Crippen MR) is 133 cm³/mol. The molecule has 0 aliphatic rings. The number of methoxy groups -OCH3 is 1. The lowest BCUT2D eigenvalue weighted by atomic mass is 9.85. The molecule has 3 aromatic heterocycles. The number of nitrogens with zero attached hydrogens (tertiary/aromatic N) is 5. The summed E-state index contributed by atoms with van der Waals surface area (Å²) in [7, 11) is 1.61. The molecule has 1 aromatic carbocycles. The van der Waals surface area contributed by atoms with E-state index in [9.17, 15) is 0 Å². The van der Waals surface area contributed by atoms with Crippen LogP contribution in [0.4, 0.5) is 11.5 Å². The molecule has 0 amide bonds. The Kier molecular flexibility index (Phi) is 6.62. The molecule has 0 spiro atoms. The molecule has 0 radical (unpaired) electrons. The van der Waals surface area contributed by atoms with E-state index < -0.39 is 0 Å². The molecule has 0 saturated heterocycles. The van der Waals surface area contributed by atoms with E-state index >= 15 is 0 Å². The van der Waals surface area contributed by atoms with Crippen molar-refractivity contribution in [3.05, 3.63) is 71.1 Å². The smallest absolute Gasteiger partial charge is 0.165 e. The number of hydrogen-bond donors (Lipinski definition) is 1. The van der Waals surface area contributed by atoms with Crippen LogP contribution in [0.1, 0.15) is 25.2 Å². The Morgan fingerprint density at radius 2 is 1.85 bits per heavy atom. The van der Waals surface area contributed by atoms with Gasteiger partial charge in [0.1, 0.15) is 18.1 Å². The molecule has 0 aliphatic carbocycles. The Hall–Kier alpha value is -3.42. The molecule has 7 nitrogen and oxygen atoms in total. The number of halogens is 1. The molecule has 4 aromatic rings. The summed E-state index contributed by atoms with van der Waals surface area (Å²) in [5.41, 5.74) is 3.79. The Morgan fingerprint density at radius 3 is 2.55 bits per heavy atom. The molecular weight excluding hydrogens is 436 g/mol. The van der Waals surface area contributed by atoms with Gasteiger partial charge < -0.3 is 15.0 Å². The number of benzene rings is 1. The van der Waals surface area contributed by atoms with Crippen molar-refractivity contribution in [2.75, 3.05) is 19.0 Å². The van der Waals surface area contributed by atoms with Crippen molar-refractivity contribution in [2.45, 2.75) is 25.9 Å². The van der Waals surface area contributed by atoms with Crippen LogP contribution < -0.4 is 5.32 Å². The van der Waals surface area contributed by atoms with Gasteiger partial charge in [-0.05, 0) is 48.7 Å². The normalized spacial score (nSPS) is 11.5. The Morgan fingerprint density at radius 1 is 1.06 bits per heavy atom. The van der Waals surface area contributed by atoms with Crippen molar-refractivity contribution in [3.63, 3.8) is 0 Å². The highest BCUT2D eigenvalue weighted by molar-refractivity contribution is 6.32. The van der Waals surface area contributed by atoms with Gasteiger partial charge in [-0.3, -0.25) is 4.98 Å². The van der Waals surface area contributed by atoms with Crippen LogP contribution in [0.25, 0.3) is 22.4 Å². The molecule has 0 atom stereocenters. The largest absolute Gasteiger partial charge is 0.377 e. The number of anilines is 2. The number of rotatable bonds is 8. The molecule has 168 valence electrons. The summed E-state index contributed by atoms with van der Waals surface area (Å²) < 4.78 is 5.26. The summed E-state index contributed by atoms with van der Waals surface area (Å²) in [6, 6.07) is 15.6. The van der Waals surface area contributed by atoms with E-state index in [1.807, 2.05) is 24.3 Å². The molecule has 4 rings (SSSR count). The third-order valence-electron chi connectivity index (χ3n) is 5.32. The number of aliphatic imine (C=N–C) groups is 1. The van der Waals surface area contributed by atoms with Crippen LogP contribution >= 0.6 is 11.6 Å². The van der Waals surface area contributed by atoms with Gasteiger partial charge in [-0.2, -0.15) is 0 Å². The van der Waals surface area contributed by atoms with Crippen molar-refractivity contribution in [3.8, 4) is 11.4 Å². The summed E-state index contributed by atoms with van der Waals surface area (Å²) in [4.78, 5) is 22.4. The second-order valence-electron chi connectivity index (χ2n) is 8.29. The maximum Gasteiger partial charge on any atom is 0.165 e. The van der Waals surface area contributed by atoms with Gasteiger partial charge in [-0.25, -0.2) is 15.0 Å². The number of aromatic nitrogens is 4. The summed E-state index contributed by atoms with van der Waals surface area (Å²) >= 11 is 6.32. The van der Waals surface area contributed by atoms with Crippen LogP contribution in [0.3, 0.4) is 0 Å². The van der Waals surface area contributed by atoms with Crippen LogP contribution in [0.2, 0.25) is 5.02 Å². The lowest BCUT2D eigenvalue weighted by molar-refractivity contribution is 0.178. The van der Waals surface area contributed by atoms with Gasteiger partial charge in [-0.15, -0.1) is 0 Å². The molecular formula is C25H25ClN6O. The highest BCUT2D eigenvalue weighted by Gasteiger charge is 2.19. The van der Waals surface area contributed by atoms with Crippen LogP contribution in [-0.2, 0) is 16.8 Å². The first-order valence-corrected chi connectivity index (χ1v) is 10.9. The lowest BCUT2D eigenvalue weighted by Crippen LogP contribution is -2.20. The first-order chi connectivity index (χ1) is 15.9. The third kappa shape index (κ3) is 4.99. The second-order valence-corrected chi connectivity index (χ2v) is 8.70. The molecule has 3 heterocycles. The molecule has 0 unspecified atom stereocenters. The van der Waals surface area contributed by atoms with Gasteiger partial charge in [0.2, 0.25) is 0 Å². The van der Waals surface area contributed by atoms with E-state index in [-0.39, 0.29) is 12.0 Å². The average Bonchev–Trinajstić information content (AvgIpc) is 2.79. The number of hydrogen-bond acceptors (Lipinski definition) is 7. The average molecular weight is 461 g/mol. The zero-order valence-electron chi connectivity index (χ0n) is 18.8. The van der Waals surface area contributed by atoms with E-state index in [4.69, 9.17) is 21.3 Å². The van der Waals surface area contributed by atoms with Crippen LogP contribution in [0.5, 0.6) is 0 Å². The molecule has 0 fully saturated rings. The summed E-state index contributed by atoms with van der Waals surface area (Å²) in [6.07, 6.45) is 1.69. The van der Waals surface area contributed by atoms with E-state index in [0.717, 1.165) is 11.1 Å². The highest BCUT2D eigenvalue weighted by atomic mass is 35.5. The molecule has 33 heavy (non-hydrogen) atoms. The first-order valence-electron chi connectivity index (χ1n) is 10.5. The summed E-state index contributed by atoms with van der Waals surface area (Å²) in [5, 5.41) is 4.72. The van der Waals surface area contributed by atoms with E-state index in [1.54, 1.807) is 25.4 Å². The van der Waals surface area contributed by atoms with Crippen LogP contribution in [0, 0.1) is 0 Å². The highest BCUT2D eigenvalue weighted by Crippen LogP contribution is 2.30. The molecule has 0 aliphatic heterocycles. The SMILES string of the molecule is C=NCC(C)(C)c1ccc(Nc2nc(COC)nc3nc(-c4ncccc4Cl)ccc23)cc1. The number of ether oxygens (including phenoxy) is 1. The maximum atomic E-state index is 6.32. The monoisotopic (exact) mass is 460 g/mol. The van der Waals surface area contributed by atoms with Gasteiger partial charge in [0, 0.05) is 31.0 Å². The van der Waals surface area contributed by atoms with Crippen LogP contribution in [0.15, 0.2) is 59.7 Å². The topological polar surface area (TPSA) is 85.2 Å². The van der Waals surface area contributed by atoms with Crippen molar-refractivity contribution in [1.29, 1.82) is 0 Å². The van der Waals surface area contributed by atoms with E-state index in [2.05, 4.69) is 58.0 Å². The molecule has 8 heteroatoms. The fourth-order valence-corrected chi connectivity index (χ4v) is 3.78. The quantitative estimate of drug-likeness (QED) is 0.344. The zero-order chi connectivity index (χ0) is 23.4. The fraction of sp³-hybridized carbons (Fsp3) is 0.240. The lowest BCUT2D eigenvalue weighted by Gasteiger charge is -2.23. The van der Waals surface area contributed by atoms with Gasteiger partial charge in [0.25, 0.3) is 0 Å². The zero-order valence-corrected chi connectivity index (χ0v) is 19.6. The minimum atomic E-state index is -0.0827. The van der Waals surface area contributed by atoms with E-state index in [1.165, 1.54) is 5.56 Å². The predicted octanol–water partition coefficient (Wildman–Crippen LogP) is 5.61. The molecule has 0 bridgehead atoms. The second kappa shape index (κ2) is 9.60. The van der Waals surface area contributed by atoms with Crippen molar-refractivity contribution in [1.82, 2.24) is 19.9 Å². The minimum absolute atomic E-state index is 0.0827. The molecule has 0 saturated carbocycles. The fourth-order valence-electron chi connectivity index (χ4n) is 3.56. The number of pyridine rings is 2. The Labute approximate surface area is 198 Å². The number of nitrogens with one attached hydrogen (secondary N) is 1. The number of fused-ring (bicyclic) bond motifs is 1. The van der Waals surface area contributed by atoms with Gasteiger partial charge >= 0.3 is 0 Å². The maximum absolute atomic E-state index is 6.32. The van der Waals surface area contributed by atoms with Gasteiger partial charge in [0.15, 0.2) is 11.5 Å². The van der Waals surface area contributed by atoms with Crippen molar-refractivity contribution < 1.29 is 4.74 Å². The summed E-state index contributed by atoms with van der Waals surface area (Å²) in [6.45, 7) is 8.85. The van der Waals surface area contributed by atoms with Crippen molar-refractivity contribution in [2.24, 2.45) is 4.99 Å². The van der Waals surface area contributed by atoms with E-state index in [0.29, 0.717) is 40.2 Å². The minimum Gasteiger partial charge on any atom is -0.377 e. The Bertz CT molecular complexity index is 1290. The Balaban J connectivity index is 1.72. The van der Waals surface area contributed by atoms with Crippen LogP contribution in [-0.4, -0.2) is 40.3 Å². The van der Waals surface area contributed by atoms with Gasteiger partial charge in [0.05, 0.1) is 16.1 Å². The third-order valence-corrected chi connectivity index (χ3v) is 5.62. The molecule has 1 N–H and O–H groups in total.